The molecule has 1 atom stereocenters. The number of aryl methyl sites for hydroxylation is 1. The van der Waals surface area contributed by atoms with Crippen LogP contribution in [-0.2, 0) is 37.1 Å². The second-order valence-electron chi connectivity index (χ2n) is 14.2. The van der Waals surface area contributed by atoms with Crippen molar-refractivity contribution in [3.05, 3.63) is 76.6 Å². The molecule has 0 aliphatic carbocycles. The number of rotatable bonds is 6. The number of carbonyl (C=O) groups is 2. The summed E-state index contributed by atoms with van der Waals surface area (Å²) < 4.78 is 89.8. The van der Waals surface area contributed by atoms with Crippen LogP contribution >= 0.6 is 0 Å². The average Bonchev–Trinajstić information content (AvgIpc) is 3.66. The van der Waals surface area contributed by atoms with Gasteiger partial charge in [0.1, 0.15) is 11.3 Å². The van der Waals surface area contributed by atoms with Crippen molar-refractivity contribution in [2.45, 2.75) is 57.7 Å². The van der Waals surface area contributed by atoms with Crippen molar-refractivity contribution in [2.24, 2.45) is 7.05 Å². The Bertz CT molecular complexity index is 1890. The highest BCUT2D eigenvalue weighted by molar-refractivity contribution is 5.95. The first-order valence-electron chi connectivity index (χ1n) is 16.9. The Morgan fingerprint density at radius 2 is 1.54 bits per heavy atom. The van der Waals surface area contributed by atoms with Gasteiger partial charge in [-0.25, -0.2) is 4.79 Å². The molecule has 2 aromatic carbocycles. The fraction of sp³-hybridized carbons (Fsp3) is 0.486. The van der Waals surface area contributed by atoms with E-state index in [0.29, 0.717) is 62.8 Å². The van der Waals surface area contributed by atoms with Crippen molar-refractivity contribution in [2.75, 3.05) is 50.7 Å². The minimum Gasteiger partial charge on any atom is -0.444 e. The van der Waals surface area contributed by atoms with Gasteiger partial charge in [0.15, 0.2) is 5.82 Å². The van der Waals surface area contributed by atoms with Gasteiger partial charge in [-0.1, -0.05) is 18.2 Å². The van der Waals surface area contributed by atoms with E-state index in [1.165, 1.54) is 4.90 Å². The van der Waals surface area contributed by atoms with E-state index in [1.54, 1.807) is 25.7 Å². The Morgan fingerprint density at radius 1 is 0.885 bits per heavy atom. The van der Waals surface area contributed by atoms with E-state index in [9.17, 15) is 35.9 Å². The molecule has 0 spiro atoms. The number of anilines is 1. The molecular weight excluding hydrogens is 694 g/mol. The number of ether oxygens (including phenoxy) is 1. The van der Waals surface area contributed by atoms with Gasteiger partial charge in [-0.3, -0.25) is 9.69 Å². The number of alkyl halides is 6. The van der Waals surface area contributed by atoms with Gasteiger partial charge in [0.05, 0.1) is 11.1 Å². The lowest BCUT2D eigenvalue weighted by Gasteiger charge is -2.42. The summed E-state index contributed by atoms with van der Waals surface area (Å²) in [5.41, 5.74) is -1.93. The largest absolute Gasteiger partial charge is 0.444 e. The number of para-hydroxylation sites is 1. The minimum absolute atomic E-state index is 0.0230. The molecule has 6 rings (SSSR count). The van der Waals surface area contributed by atoms with Crippen LogP contribution in [0.5, 0.6) is 0 Å². The smallest absolute Gasteiger partial charge is 0.416 e. The van der Waals surface area contributed by atoms with E-state index >= 15 is 0 Å². The monoisotopic (exact) mass is 734 g/mol. The van der Waals surface area contributed by atoms with Crippen molar-refractivity contribution < 1.29 is 40.7 Å². The van der Waals surface area contributed by atoms with Crippen LogP contribution < -0.4 is 4.90 Å². The predicted octanol–water partition coefficient (Wildman–Crippen LogP) is 5.96. The number of fused-ring (bicyclic) bond motifs is 1. The van der Waals surface area contributed by atoms with Crippen molar-refractivity contribution in [3.8, 4) is 0 Å². The Morgan fingerprint density at radius 3 is 2.17 bits per heavy atom. The fourth-order valence-corrected chi connectivity index (χ4v) is 6.84. The minimum atomic E-state index is -5.09. The molecule has 280 valence electrons. The standard InChI is InChI=1S/C35H40F6N8O3/c1-33(2,3)52-32(51)48-12-10-47(11-13-48)30-28(42-44-43-30)21-46-9-14-49(26(20-46)17-23-19-45(4)29-8-6-5-7-27(23)29)31(50)22-15-24(34(36,37)38)18-25(16-22)35(39,40)41/h5-8,15-16,18-19,26H,9-14,17,20-21H2,1-4H3,(H,42,43,44)/t26-/m1/s1. The Labute approximate surface area is 296 Å². The first kappa shape index (κ1) is 37.0. The normalized spacial score (nSPS) is 18.0. The summed E-state index contributed by atoms with van der Waals surface area (Å²) in [5.74, 6) is -0.303. The third kappa shape index (κ3) is 8.13. The van der Waals surface area contributed by atoms with E-state index in [4.69, 9.17) is 4.74 Å². The van der Waals surface area contributed by atoms with Gasteiger partial charge in [-0.15, -0.1) is 5.10 Å². The first-order chi connectivity index (χ1) is 24.4. The molecule has 0 saturated carbocycles. The Balaban J connectivity index is 1.24. The number of halogens is 6. The first-order valence-corrected chi connectivity index (χ1v) is 16.9. The average molecular weight is 735 g/mol. The van der Waals surface area contributed by atoms with Crippen LogP contribution in [0.2, 0.25) is 0 Å². The van der Waals surface area contributed by atoms with Crippen LogP contribution in [0.15, 0.2) is 48.7 Å². The molecule has 4 aromatic rings. The Hall–Kier alpha value is -4.80. The lowest BCUT2D eigenvalue weighted by atomic mass is 9.98. The van der Waals surface area contributed by atoms with Gasteiger partial charge in [0.2, 0.25) is 0 Å². The maximum atomic E-state index is 14.0. The molecular formula is C35H40F6N8O3. The molecule has 2 saturated heterocycles. The zero-order valence-electron chi connectivity index (χ0n) is 29.2. The van der Waals surface area contributed by atoms with Crippen LogP contribution in [0, 0.1) is 0 Å². The maximum Gasteiger partial charge on any atom is 0.416 e. The molecule has 0 unspecified atom stereocenters. The molecule has 4 heterocycles. The number of hydrogen-bond donors (Lipinski definition) is 1. The lowest BCUT2D eigenvalue weighted by molar-refractivity contribution is -0.143. The second kappa shape index (κ2) is 14.0. The van der Waals surface area contributed by atoms with Gasteiger partial charge in [-0.2, -0.15) is 36.7 Å². The van der Waals surface area contributed by atoms with E-state index in [-0.39, 0.29) is 25.7 Å². The second-order valence-corrected chi connectivity index (χ2v) is 14.2. The van der Waals surface area contributed by atoms with Crippen LogP contribution in [0.1, 0.15) is 53.5 Å². The third-order valence-corrected chi connectivity index (χ3v) is 9.30. The molecule has 11 nitrogen and oxygen atoms in total. The van der Waals surface area contributed by atoms with Crippen molar-refractivity contribution in [3.63, 3.8) is 0 Å². The highest BCUT2D eigenvalue weighted by Crippen LogP contribution is 2.37. The number of benzene rings is 2. The van der Waals surface area contributed by atoms with Crippen molar-refractivity contribution in [1.82, 2.24) is 34.7 Å². The van der Waals surface area contributed by atoms with Gasteiger partial charge in [0, 0.05) is 88.1 Å². The molecule has 0 bridgehead atoms. The van der Waals surface area contributed by atoms with Crippen LogP contribution in [0.3, 0.4) is 0 Å². The predicted molar refractivity (Wildman–Crippen MR) is 180 cm³/mol. The number of hydrogen-bond acceptors (Lipinski definition) is 7. The summed E-state index contributed by atoms with van der Waals surface area (Å²) in [6, 6.07) is 8.04. The third-order valence-electron chi connectivity index (χ3n) is 9.30. The molecule has 0 radical (unpaired) electrons. The summed E-state index contributed by atoms with van der Waals surface area (Å²) in [6.07, 6.45) is -8.35. The van der Waals surface area contributed by atoms with Crippen molar-refractivity contribution in [1.29, 1.82) is 0 Å². The molecule has 52 heavy (non-hydrogen) atoms. The molecule has 2 aromatic heterocycles. The van der Waals surface area contributed by atoms with E-state index < -0.39 is 52.7 Å². The number of piperazine rings is 2. The number of amides is 2. The molecule has 2 fully saturated rings. The maximum absolute atomic E-state index is 14.0. The van der Waals surface area contributed by atoms with Gasteiger partial charge < -0.3 is 24.0 Å². The molecule has 1 N–H and O–H groups in total. The number of H-pyrrole nitrogens is 1. The fourth-order valence-electron chi connectivity index (χ4n) is 6.84. The zero-order valence-corrected chi connectivity index (χ0v) is 29.2. The van der Waals surface area contributed by atoms with Crippen LogP contribution in [0.25, 0.3) is 10.9 Å². The number of nitrogens with zero attached hydrogens (tertiary/aromatic N) is 7. The van der Waals surface area contributed by atoms with E-state index in [2.05, 4.69) is 15.4 Å². The van der Waals surface area contributed by atoms with Gasteiger partial charge in [-0.05, 0) is 57.0 Å². The van der Waals surface area contributed by atoms with Gasteiger partial charge in [0.25, 0.3) is 5.91 Å². The molecule has 17 heteroatoms. The molecule has 2 aliphatic rings. The number of aromatic nitrogens is 4. The summed E-state index contributed by atoms with van der Waals surface area (Å²) in [5, 5.41) is 12.4. The summed E-state index contributed by atoms with van der Waals surface area (Å²) >= 11 is 0. The topological polar surface area (TPSA) is 103 Å². The zero-order chi connectivity index (χ0) is 37.6. The Kier molecular flexibility index (Phi) is 9.93. The lowest BCUT2D eigenvalue weighted by Crippen LogP contribution is -2.55. The van der Waals surface area contributed by atoms with Crippen LogP contribution in [-0.4, -0.2) is 104 Å². The SMILES string of the molecule is Cn1cc(C[C@@H]2CN(Cc3n[nH]nc3N3CCN(C(=O)OC(C)(C)C)CC3)CCN2C(=O)c2cc(C(F)(F)F)cc(C(F)(F)F)c2)c2ccccc21. The van der Waals surface area contributed by atoms with E-state index in [0.717, 1.165) is 16.5 Å². The molecule has 2 aliphatic heterocycles. The highest BCUT2D eigenvalue weighted by atomic mass is 19.4. The molecule has 2 amide bonds. The summed E-state index contributed by atoms with van der Waals surface area (Å²) in [6.45, 7) is 8.13. The van der Waals surface area contributed by atoms with Crippen LogP contribution in [0.4, 0.5) is 37.0 Å². The van der Waals surface area contributed by atoms with Gasteiger partial charge >= 0.3 is 18.4 Å². The summed E-state index contributed by atoms with van der Waals surface area (Å²) in [7, 11) is 1.88. The highest BCUT2D eigenvalue weighted by Gasteiger charge is 2.40. The number of aromatic amines is 1. The number of nitrogens with one attached hydrogen (secondary N) is 1. The van der Waals surface area contributed by atoms with E-state index in [1.807, 2.05) is 51.9 Å². The summed E-state index contributed by atoms with van der Waals surface area (Å²) in [4.78, 5) is 33.6. The quantitative estimate of drug-likeness (QED) is 0.244. The number of carbonyl (C=O) groups excluding carboxylic acids is 2. The van der Waals surface area contributed by atoms with Crippen molar-refractivity contribution >= 4 is 28.7 Å².